The molecular formula is C13H21F3N2O. The highest BCUT2D eigenvalue weighted by Gasteiger charge is 2.46. The van der Waals surface area contributed by atoms with Gasteiger partial charge >= 0.3 is 6.18 Å². The van der Waals surface area contributed by atoms with E-state index in [1.807, 2.05) is 6.92 Å². The van der Waals surface area contributed by atoms with Crippen molar-refractivity contribution in [3.63, 3.8) is 0 Å². The molecule has 0 spiro atoms. The second kappa shape index (κ2) is 5.31. The molecule has 1 atom stereocenters. The van der Waals surface area contributed by atoms with Crippen LogP contribution in [-0.2, 0) is 4.79 Å². The van der Waals surface area contributed by atoms with Crippen molar-refractivity contribution in [2.24, 2.45) is 11.3 Å². The number of carbonyl (C=O) groups excluding carboxylic acids is 1. The molecular weight excluding hydrogens is 257 g/mol. The van der Waals surface area contributed by atoms with Crippen molar-refractivity contribution >= 4 is 5.91 Å². The van der Waals surface area contributed by atoms with Gasteiger partial charge in [0.1, 0.15) is 0 Å². The van der Waals surface area contributed by atoms with E-state index in [0.717, 1.165) is 19.4 Å². The Morgan fingerprint density at radius 2 is 2.00 bits per heavy atom. The Labute approximate surface area is 111 Å². The number of halogens is 3. The molecule has 6 heteroatoms. The fourth-order valence-electron chi connectivity index (χ4n) is 3.12. The molecule has 3 nitrogen and oxygen atoms in total. The molecule has 1 amide bonds. The molecule has 0 bridgehead atoms. The number of hydrogen-bond acceptors (Lipinski definition) is 2. The van der Waals surface area contributed by atoms with Crippen molar-refractivity contribution in [3.8, 4) is 0 Å². The first kappa shape index (κ1) is 14.6. The minimum absolute atomic E-state index is 0.0422. The molecule has 2 aliphatic heterocycles. The van der Waals surface area contributed by atoms with Crippen LogP contribution in [0.4, 0.5) is 13.2 Å². The number of rotatable bonds is 2. The van der Waals surface area contributed by atoms with Crippen LogP contribution in [0.1, 0.15) is 32.6 Å². The number of likely N-dealkylation sites (tertiary alicyclic amines) is 1. The number of nitrogens with one attached hydrogen (secondary N) is 1. The number of carbonyl (C=O) groups is 1. The molecule has 0 radical (unpaired) electrons. The molecule has 0 aromatic carbocycles. The Balaban J connectivity index is 1.96. The van der Waals surface area contributed by atoms with Crippen molar-refractivity contribution in [1.29, 1.82) is 0 Å². The van der Waals surface area contributed by atoms with Crippen molar-refractivity contribution in [1.82, 2.24) is 10.2 Å². The van der Waals surface area contributed by atoms with E-state index in [1.54, 1.807) is 4.90 Å². The molecule has 2 fully saturated rings. The summed E-state index contributed by atoms with van der Waals surface area (Å²) < 4.78 is 37.8. The van der Waals surface area contributed by atoms with Crippen LogP contribution in [0.3, 0.4) is 0 Å². The number of nitrogens with zero attached hydrogens (tertiary/aromatic N) is 1. The summed E-state index contributed by atoms with van der Waals surface area (Å²) in [6.07, 6.45) is -2.49. The summed E-state index contributed by atoms with van der Waals surface area (Å²) in [6, 6.07) is 0. The van der Waals surface area contributed by atoms with Crippen LogP contribution in [0, 0.1) is 11.3 Å². The van der Waals surface area contributed by atoms with Gasteiger partial charge in [0.2, 0.25) is 5.91 Å². The molecule has 2 saturated heterocycles. The van der Waals surface area contributed by atoms with Crippen molar-refractivity contribution in [2.45, 2.75) is 38.8 Å². The van der Waals surface area contributed by atoms with Crippen LogP contribution in [-0.4, -0.2) is 43.2 Å². The fourth-order valence-corrected chi connectivity index (χ4v) is 3.12. The Kier molecular flexibility index (Phi) is 4.08. The zero-order valence-corrected chi connectivity index (χ0v) is 11.2. The highest BCUT2D eigenvalue weighted by Crippen LogP contribution is 2.37. The molecule has 110 valence electrons. The number of amides is 1. The van der Waals surface area contributed by atoms with Gasteiger partial charge in [-0.25, -0.2) is 0 Å². The van der Waals surface area contributed by atoms with Crippen LogP contribution in [0.5, 0.6) is 0 Å². The largest absolute Gasteiger partial charge is 0.391 e. The van der Waals surface area contributed by atoms with Crippen molar-refractivity contribution < 1.29 is 18.0 Å². The predicted octanol–water partition coefficient (Wildman–Crippen LogP) is 2.18. The van der Waals surface area contributed by atoms with Gasteiger partial charge in [0, 0.05) is 19.6 Å². The molecule has 2 rings (SSSR count). The van der Waals surface area contributed by atoms with Crippen LogP contribution in [0.25, 0.3) is 0 Å². The summed E-state index contributed by atoms with van der Waals surface area (Å²) >= 11 is 0. The third kappa shape index (κ3) is 2.88. The van der Waals surface area contributed by atoms with E-state index in [9.17, 15) is 18.0 Å². The third-order valence-corrected chi connectivity index (χ3v) is 4.62. The molecule has 0 aromatic heterocycles. The molecule has 0 aromatic rings. The second-order valence-electron chi connectivity index (χ2n) is 5.67. The van der Waals surface area contributed by atoms with E-state index in [1.165, 1.54) is 0 Å². The topological polar surface area (TPSA) is 32.3 Å². The van der Waals surface area contributed by atoms with E-state index in [4.69, 9.17) is 0 Å². The summed E-state index contributed by atoms with van der Waals surface area (Å²) in [5.74, 6) is -1.20. The van der Waals surface area contributed by atoms with Gasteiger partial charge in [-0.1, -0.05) is 6.92 Å². The average Bonchev–Trinajstić information content (AvgIpc) is 2.87. The van der Waals surface area contributed by atoms with Gasteiger partial charge in [-0.05, 0) is 32.2 Å². The Bertz CT molecular complexity index is 329. The van der Waals surface area contributed by atoms with Gasteiger partial charge in [0.15, 0.2) is 0 Å². The summed E-state index contributed by atoms with van der Waals surface area (Å²) in [5, 5.41) is 3.19. The van der Waals surface area contributed by atoms with Crippen molar-refractivity contribution in [3.05, 3.63) is 0 Å². The summed E-state index contributed by atoms with van der Waals surface area (Å²) in [4.78, 5) is 14.2. The molecule has 19 heavy (non-hydrogen) atoms. The van der Waals surface area contributed by atoms with Crippen LogP contribution < -0.4 is 5.32 Å². The van der Waals surface area contributed by atoms with Gasteiger partial charge < -0.3 is 10.2 Å². The van der Waals surface area contributed by atoms with E-state index in [0.29, 0.717) is 6.54 Å². The summed E-state index contributed by atoms with van der Waals surface area (Å²) in [7, 11) is 0. The van der Waals surface area contributed by atoms with Crippen molar-refractivity contribution in [2.75, 3.05) is 26.2 Å². The normalized spacial score (nSPS) is 29.8. The molecule has 1 N–H and O–H groups in total. The van der Waals surface area contributed by atoms with E-state index >= 15 is 0 Å². The zero-order chi connectivity index (χ0) is 14.1. The number of piperidine rings is 1. The minimum atomic E-state index is -4.12. The standard InChI is InChI=1S/C13H21F3N2O/c1-2-12(5-6-17-9-12)11(19)18-7-3-10(4-8-18)13(14,15)16/h10,17H,2-9H2,1H3. The Morgan fingerprint density at radius 3 is 2.42 bits per heavy atom. The summed E-state index contributed by atoms with van der Waals surface area (Å²) in [6.45, 7) is 3.93. The first-order chi connectivity index (χ1) is 8.89. The molecule has 2 heterocycles. The first-order valence-corrected chi connectivity index (χ1v) is 6.96. The molecule has 1 unspecified atom stereocenters. The van der Waals surface area contributed by atoms with Gasteiger partial charge in [0.05, 0.1) is 11.3 Å². The van der Waals surface area contributed by atoms with Gasteiger partial charge in [-0.3, -0.25) is 4.79 Å². The lowest BCUT2D eigenvalue weighted by molar-refractivity contribution is -0.187. The molecule has 2 aliphatic rings. The van der Waals surface area contributed by atoms with Gasteiger partial charge in [-0.2, -0.15) is 13.2 Å². The van der Waals surface area contributed by atoms with Crippen LogP contribution in [0.15, 0.2) is 0 Å². The summed E-state index contributed by atoms with van der Waals surface area (Å²) in [5.41, 5.74) is -0.384. The van der Waals surface area contributed by atoms with E-state index in [-0.39, 0.29) is 37.3 Å². The highest BCUT2D eigenvalue weighted by atomic mass is 19.4. The molecule has 0 aliphatic carbocycles. The maximum atomic E-state index is 12.6. The zero-order valence-electron chi connectivity index (χ0n) is 11.2. The van der Waals surface area contributed by atoms with Gasteiger partial charge in [-0.15, -0.1) is 0 Å². The van der Waals surface area contributed by atoms with Gasteiger partial charge in [0.25, 0.3) is 0 Å². The Morgan fingerprint density at radius 1 is 1.37 bits per heavy atom. The SMILES string of the molecule is CCC1(C(=O)N2CCC(C(F)(F)F)CC2)CCNC1. The monoisotopic (exact) mass is 278 g/mol. The molecule has 0 saturated carbocycles. The lowest BCUT2D eigenvalue weighted by atomic mass is 9.82. The highest BCUT2D eigenvalue weighted by molar-refractivity contribution is 5.83. The maximum absolute atomic E-state index is 12.6. The fraction of sp³-hybridized carbons (Fsp3) is 0.923. The average molecular weight is 278 g/mol. The maximum Gasteiger partial charge on any atom is 0.391 e. The van der Waals surface area contributed by atoms with E-state index in [2.05, 4.69) is 5.32 Å². The quantitative estimate of drug-likeness (QED) is 0.839. The van der Waals surface area contributed by atoms with Crippen LogP contribution in [0.2, 0.25) is 0 Å². The Hall–Kier alpha value is -0.780. The first-order valence-electron chi connectivity index (χ1n) is 6.96. The minimum Gasteiger partial charge on any atom is -0.342 e. The smallest absolute Gasteiger partial charge is 0.342 e. The lowest BCUT2D eigenvalue weighted by Crippen LogP contribution is -2.49. The third-order valence-electron chi connectivity index (χ3n) is 4.62. The number of alkyl halides is 3. The second-order valence-corrected chi connectivity index (χ2v) is 5.67. The van der Waals surface area contributed by atoms with Crippen LogP contribution >= 0.6 is 0 Å². The number of hydrogen-bond donors (Lipinski definition) is 1. The lowest BCUT2D eigenvalue weighted by Gasteiger charge is -2.38. The predicted molar refractivity (Wildman–Crippen MR) is 65.6 cm³/mol. The van der Waals surface area contributed by atoms with E-state index < -0.39 is 12.1 Å².